The van der Waals surface area contributed by atoms with E-state index in [2.05, 4.69) is 10.6 Å². The lowest BCUT2D eigenvalue weighted by Crippen LogP contribution is -2.46. The summed E-state index contributed by atoms with van der Waals surface area (Å²) in [6.45, 7) is 4.00. The second kappa shape index (κ2) is 8.05. The molecule has 0 saturated heterocycles. The van der Waals surface area contributed by atoms with Crippen molar-refractivity contribution in [3.05, 3.63) is 0 Å². The minimum absolute atomic E-state index is 0.0390. The van der Waals surface area contributed by atoms with Crippen LogP contribution in [0, 0.1) is 5.92 Å². The number of carboxylic acid groups (broad SMARTS) is 1. The molecule has 0 radical (unpaired) electrons. The number of carboxylic acids is 1. The van der Waals surface area contributed by atoms with E-state index in [-0.39, 0.29) is 12.3 Å². The van der Waals surface area contributed by atoms with Gasteiger partial charge in [0.15, 0.2) is 0 Å². The van der Waals surface area contributed by atoms with E-state index in [0.29, 0.717) is 12.3 Å². The van der Waals surface area contributed by atoms with E-state index < -0.39 is 28.8 Å². The average molecular weight is 264 g/mol. The van der Waals surface area contributed by atoms with Gasteiger partial charge in [0.1, 0.15) is 0 Å². The summed E-state index contributed by atoms with van der Waals surface area (Å²) < 4.78 is 10.8. The van der Waals surface area contributed by atoms with E-state index in [9.17, 15) is 13.8 Å². The zero-order valence-electron chi connectivity index (χ0n) is 10.4. The normalized spacial score (nSPS) is 14.1. The van der Waals surface area contributed by atoms with Crippen LogP contribution in [0.25, 0.3) is 0 Å². The maximum Gasteiger partial charge on any atom is 0.315 e. The van der Waals surface area contributed by atoms with Crippen molar-refractivity contribution in [1.82, 2.24) is 10.6 Å². The summed E-state index contributed by atoms with van der Waals surface area (Å²) in [5.41, 5.74) is 0. The Morgan fingerprint density at radius 2 is 1.94 bits per heavy atom. The molecule has 6 nitrogen and oxygen atoms in total. The van der Waals surface area contributed by atoms with Gasteiger partial charge >= 0.3 is 12.0 Å². The number of rotatable bonds is 7. The molecule has 0 fully saturated rings. The average Bonchev–Trinajstić information content (AvgIpc) is 2.15. The molecule has 2 unspecified atom stereocenters. The van der Waals surface area contributed by atoms with Gasteiger partial charge in [-0.3, -0.25) is 9.00 Å². The lowest BCUT2D eigenvalue weighted by Gasteiger charge is -2.20. The molecule has 17 heavy (non-hydrogen) atoms. The quantitative estimate of drug-likeness (QED) is 0.610. The third-order valence-corrected chi connectivity index (χ3v) is 2.97. The molecule has 100 valence electrons. The first-order chi connectivity index (χ1) is 7.82. The highest BCUT2D eigenvalue weighted by Crippen LogP contribution is 2.05. The molecule has 0 aliphatic heterocycles. The molecule has 3 N–H and O–H groups in total. The van der Waals surface area contributed by atoms with Crippen molar-refractivity contribution in [3.8, 4) is 0 Å². The van der Waals surface area contributed by atoms with Gasteiger partial charge in [-0.15, -0.1) is 0 Å². The first-order valence-electron chi connectivity index (χ1n) is 5.39. The number of amides is 2. The zero-order valence-corrected chi connectivity index (χ0v) is 11.2. The maximum absolute atomic E-state index is 11.4. The highest BCUT2D eigenvalue weighted by Gasteiger charge is 2.18. The van der Waals surface area contributed by atoms with Crippen molar-refractivity contribution in [2.45, 2.75) is 26.3 Å². The van der Waals surface area contributed by atoms with Gasteiger partial charge in [0.05, 0.1) is 6.42 Å². The van der Waals surface area contributed by atoms with E-state index in [1.54, 1.807) is 6.26 Å². The van der Waals surface area contributed by atoms with Crippen LogP contribution in [-0.4, -0.2) is 45.9 Å². The summed E-state index contributed by atoms with van der Waals surface area (Å²) in [6, 6.07) is -0.824. The van der Waals surface area contributed by atoms with Gasteiger partial charge in [-0.25, -0.2) is 4.79 Å². The van der Waals surface area contributed by atoms with Crippen LogP contribution in [0.2, 0.25) is 0 Å². The summed E-state index contributed by atoms with van der Waals surface area (Å²) in [6.07, 6.45) is 1.45. The third-order valence-electron chi connectivity index (χ3n) is 2.19. The molecule has 0 heterocycles. The van der Waals surface area contributed by atoms with Crippen molar-refractivity contribution in [1.29, 1.82) is 0 Å². The van der Waals surface area contributed by atoms with Crippen molar-refractivity contribution in [3.63, 3.8) is 0 Å². The predicted molar refractivity (Wildman–Crippen MR) is 66.3 cm³/mol. The lowest BCUT2D eigenvalue weighted by atomic mass is 10.0. The van der Waals surface area contributed by atoms with Crippen LogP contribution in [0.3, 0.4) is 0 Å². The van der Waals surface area contributed by atoms with E-state index >= 15 is 0 Å². The number of urea groups is 1. The zero-order chi connectivity index (χ0) is 13.4. The summed E-state index contributed by atoms with van der Waals surface area (Å²) in [5.74, 6) is -0.519. The first kappa shape index (κ1) is 15.9. The molecule has 0 spiro atoms. The Kier molecular flexibility index (Phi) is 7.53. The van der Waals surface area contributed by atoms with Gasteiger partial charge in [0.25, 0.3) is 0 Å². The molecule has 0 aliphatic carbocycles. The fraction of sp³-hybridized carbons (Fsp3) is 0.800. The minimum Gasteiger partial charge on any atom is -0.481 e. The summed E-state index contributed by atoms with van der Waals surface area (Å²) in [7, 11) is -0.949. The standard InChI is InChI=1S/C10H20N2O4S/c1-7(2)8(6-9(13)14)12-10(15)11-4-5-17(3)16/h7-8H,4-6H2,1-3H3,(H,13,14)(H2,11,12,15). The third kappa shape index (κ3) is 8.67. The molecule has 0 aromatic heterocycles. The Bertz CT molecular complexity index is 294. The van der Waals surface area contributed by atoms with Crippen LogP contribution >= 0.6 is 0 Å². The number of hydrogen-bond donors (Lipinski definition) is 3. The Labute approximate surface area is 104 Å². The van der Waals surface area contributed by atoms with Crippen LogP contribution in [0.5, 0.6) is 0 Å². The number of aliphatic carboxylic acids is 1. The molecule has 2 atom stereocenters. The largest absolute Gasteiger partial charge is 0.481 e. The Balaban J connectivity index is 4.04. The number of hydrogen-bond acceptors (Lipinski definition) is 3. The van der Waals surface area contributed by atoms with Crippen LogP contribution < -0.4 is 10.6 Å². The molecule has 0 aromatic carbocycles. The van der Waals surface area contributed by atoms with E-state index in [0.717, 1.165) is 0 Å². The fourth-order valence-corrected chi connectivity index (χ4v) is 1.56. The van der Waals surface area contributed by atoms with Crippen LogP contribution in [0.1, 0.15) is 20.3 Å². The van der Waals surface area contributed by atoms with Gasteiger partial charge < -0.3 is 15.7 Å². The summed E-state index contributed by atoms with van der Waals surface area (Å²) in [5, 5.41) is 13.8. The van der Waals surface area contributed by atoms with Crippen molar-refractivity contribution in [2.75, 3.05) is 18.6 Å². The van der Waals surface area contributed by atoms with Gasteiger partial charge in [0.2, 0.25) is 0 Å². The molecular formula is C10H20N2O4S. The predicted octanol–water partition coefficient (Wildman–Crippen LogP) is 0.163. The molecule has 2 amide bonds. The Morgan fingerprint density at radius 1 is 1.35 bits per heavy atom. The van der Waals surface area contributed by atoms with Gasteiger partial charge in [-0.05, 0) is 5.92 Å². The van der Waals surface area contributed by atoms with E-state index in [4.69, 9.17) is 5.11 Å². The van der Waals surface area contributed by atoms with Crippen molar-refractivity contribution >= 4 is 22.8 Å². The highest BCUT2D eigenvalue weighted by molar-refractivity contribution is 7.84. The molecule has 7 heteroatoms. The smallest absolute Gasteiger partial charge is 0.315 e. The molecule has 0 aromatic rings. The second-order valence-electron chi connectivity index (χ2n) is 4.13. The maximum atomic E-state index is 11.4. The lowest BCUT2D eigenvalue weighted by molar-refractivity contribution is -0.137. The highest BCUT2D eigenvalue weighted by atomic mass is 32.2. The molecular weight excluding hydrogens is 244 g/mol. The number of carbonyl (C=O) groups excluding carboxylic acids is 1. The first-order valence-corrected chi connectivity index (χ1v) is 7.11. The summed E-state index contributed by atoms with van der Waals surface area (Å²) in [4.78, 5) is 22.0. The molecule has 0 aliphatic rings. The van der Waals surface area contributed by atoms with Crippen molar-refractivity contribution in [2.24, 2.45) is 5.92 Å². The van der Waals surface area contributed by atoms with Gasteiger partial charge in [-0.2, -0.15) is 0 Å². The second-order valence-corrected chi connectivity index (χ2v) is 5.68. The summed E-state index contributed by atoms with van der Waals surface area (Å²) >= 11 is 0. The fourth-order valence-electron chi connectivity index (χ4n) is 1.17. The van der Waals surface area contributed by atoms with Crippen molar-refractivity contribution < 1.29 is 18.9 Å². The SMILES string of the molecule is CC(C)C(CC(=O)O)NC(=O)NCCS(C)=O. The number of carbonyl (C=O) groups is 2. The molecule has 0 bridgehead atoms. The molecule has 0 rings (SSSR count). The van der Waals surface area contributed by atoms with Gasteiger partial charge in [0, 0.05) is 35.4 Å². The van der Waals surface area contributed by atoms with Gasteiger partial charge in [-0.1, -0.05) is 13.8 Å². The van der Waals surface area contributed by atoms with Crippen LogP contribution in [0.4, 0.5) is 4.79 Å². The minimum atomic E-state index is -0.949. The van der Waals surface area contributed by atoms with E-state index in [1.807, 2.05) is 13.8 Å². The Morgan fingerprint density at radius 3 is 2.35 bits per heavy atom. The monoisotopic (exact) mass is 264 g/mol. The van der Waals surface area contributed by atoms with E-state index in [1.165, 1.54) is 0 Å². The Hall–Kier alpha value is -1.11. The molecule has 0 saturated carbocycles. The van der Waals surface area contributed by atoms with Crippen LogP contribution in [-0.2, 0) is 15.6 Å². The number of nitrogens with one attached hydrogen (secondary N) is 2. The topological polar surface area (TPSA) is 95.5 Å². The van der Waals surface area contributed by atoms with Crippen LogP contribution in [0.15, 0.2) is 0 Å².